The zero-order valence-electron chi connectivity index (χ0n) is 26.4. The lowest BCUT2D eigenvalue weighted by Gasteiger charge is -2.35. The van der Waals surface area contributed by atoms with Crippen LogP contribution in [-0.2, 0) is 14.3 Å². The lowest BCUT2D eigenvalue weighted by atomic mass is 9.96. The Kier molecular flexibility index (Phi) is 17.0. The van der Waals surface area contributed by atoms with Gasteiger partial charge in [-0.15, -0.1) is 0 Å². The molecule has 2 atom stereocenters. The molecular formula is C32H55N3O4S. The molecule has 0 heterocycles. The van der Waals surface area contributed by atoms with E-state index in [2.05, 4.69) is 30.5 Å². The van der Waals surface area contributed by atoms with Crippen LogP contribution in [0, 0.1) is 13.8 Å². The fourth-order valence-electron chi connectivity index (χ4n) is 4.66. The number of nitrogens with one attached hydrogen (secondary N) is 2. The van der Waals surface area contributed by atoms with Gasteiger partial charge < -0.3 is 20.3 Å². The summed E-state index contributed by atoms with van der Waals surface area (Å²) in [4.78, 5) is 42.6. The molecule has 0 radical (unpaired) electrons. The summed E-state index contributed by atoms with van der Waals surface area (Å²) in [5, 5.41) is 5.94. The average Bonchev–Trinajstić information content (AvgIpc) is 2.87. The van der Waals surface area contributed by atoms with Crippen LogP contribution >= 0.6 is 11.8 Å². The molecule has 0 aliphatic heterocycles. The molecule has 2 unspecified atom stereocenters. The molecular weight excluding hydrogens is 522 g/mol. The van der Waals surface area contributed by atoms with Gasteiger partial charge in [-0.2, -0.15) is 11.8 Å². The highest BCUT2D eigenvalue weighted by atomic mass is 32.2. The maximum atomic E-state index is 14.3. The number of alkyl carbamates (subject to hydrolysis) is 1. The first-order valence-corrected chi connectivity index (χ1v) is 16.5. The van der Waals surface area contributed by atoms with Gasteiger partial charge in [-0.1, -0.05) is 76.1 Å². The smallest absolute Gasteiger partial charge is 0.408 e. The minimum Gasteiger partial charge on any atom is -0.444 e. The molecule has 8 heteroatoms. The summed E-state index contributed by atoms with van der Waals surface area (Å²) in [5.74, 6) is 0.267. The van der Waals surface area contributed by atoms with Gasteiger partial charge in [0.15, 0.2) is 0 Å². The normalized spacial score (nSPS) is 12.9. The van der Waals surface area contributed by atoms with Gasteiger partial charge in [0, 0.05) is 13.1 Å². The molecule has 7 nitrogen and oxygen atoms in total. The number of rotatable bonds is 18. The first kappa shape index (κ1) is 35.8. The fourth-order valence-corrected chi connectivity index (χ4v) is 5.13. The van der Waals surface area contributed by atoms with E-state index in [1.165, 1.54) is 0 Å². The Morgan fingerprint density at radius 2 is 1.62 bits per heavy atom. The van der Waals surface area contributed by atoms with E-state index < -0.39 is 23.8 Å². The monoisotopic (exact) mass is 577 g/mol. The quantitative estimate of drug-likeness (QED) is 0.182. The zero-order chi connectivity index (χ0) is 30.1. The van der Waals surface area contributed by atoms with Gasteiger partial charge in [0.05, 0.1) is 0 Å². The summed E-state index contributed by atoms with van der Waals surface area (Å²) in [5.41, 5.74) is 2.21. The minimum absolute atomic E-state index is 0.175. The molecule has 0 spiro atoms. The molecule has 0 fully saturated rings. The molecule has 1 rings (SSSR count). The summed E-state index contributed by atoms with van der Waals surface area (Å²) < 4.78 is 5.50. The third kappa shape index (κ3) is 13.4. The Labute approximate surface area is 248 Å². The van der Waals surface area contributed by atoms with Gasteiger partial charge in [0.25, 0.3) is 0 Å². The number of benzene rings is 1. The van der Waals surface area contributed by atoms with Crippen molar-refractivity contribution in [3.63, 3.8) is 0 Å². The van der Waals surface area contributed by atoms with Crippen molar-refractivity contribution in [3.8, 4) is 0 Å². The number of unbranched alkanes of at least 4 members (excludes halogenated alkanes) is 6. The van der Waals surface area contributed by atoms with E-state index >= 15 is 0 Å². The molecule has 2 N–H and O–H groups in total. The van der Waals surface area contributed by atoms with Crippen LogP contribution in [0.5, 0.6) is 0 Å². The van der Waals surface area contributed by atoms with Gasteiger partial charge in [-0.05, 0) is 77.0 Å². The fraction of sp³-hybridized carbons (Fsp3) is 0.719. The summed E-state index contributed by atoms with van der Waals surface area (Å²) in [7, 11) is 0. The average molecular weight is 578 g/mol. The van der Waals surface area contributed by atoms with E-state index in [0.717, 1.165) is 68.1 Å². The van der Waals surface area contributed by atoms with Crippen LogP contribution in [0.2, 0.25) is 0 Å². The van der Waals surface area contributed by atoms with E-state index in [4.69, 9.17) is 4.74 Å². The Hall–Kier alpha value is -2.22. The Balaban J connectivity index is 3.47. The lowest BCUT2D eigenvalue weighted by molar-refractivity contribution is -0.142. The van der Waals surface area contributed by atoms with Crippen molar-refractivity contribution in [3.05, 3.63) is 34.9 Å². The maximum Gasteiger partial charge on any atom is 0.408 e. The summed E-state index contributed by atoms with van der Waals surface area (Å²) in [6.45, 7) is 14.7. The third-order valence-electron chi connectivity index (χ3n) is 6.74. The first-order chi connectivity index (χ1) is 18.9. The number of hydrogen-bond donors (Lipinski definition) is 2. The van der Waals surface area contributed by atoms with Crippen LogP contribution in [0.1, 0.15) is 115 Å². The molecule has 40 heavy (non-hydrogen) atoms. The molecule has 0 saturated carbocycles. The van der Waals surface area contributed by atoms with Crippen molar-refractivity contribution in [2.75, 3.05) is 25.1 Å². The molecule has 1 aromatic carbocycles. The number of amides is 3. The van der Waals surface area contributed by atoms with E-state index in [1.807, 2.05) is 32.2 Å². The van der Waals surface area contributed by atoms with Gasteiger partial charge in [-0.25, -0.2) is 4.79 Å². The van der Waals surface area contributed by atoms with E-state index in [1.54, 1.807) is 37.4 Å². The maximum absolute atomic E-state index is 14.3. The number of carbonyl (C=O) groups is 3. The molecule has 0 aromatic heterocycles. The minimum atomic E-state index is -0.793. The Morgan fingerprint density at radius 3 is 2.23 bits per heavy atom. The molecule has 1 aromatic rings. The van der Waals surface area contributed by atoms with Gasteiger partial charge in [0.2, 0.25) is 11.8 Å². The number of hydrogen-bond acceptors (Lipinski definition) is 5. The van der Waals surface area contributed by atoms with Crippen molar-refractivity contribution in [2.24, 2.45) is 0 Å². The number of thioether (sulfide) groups is 1. The van der Waals surface area contributed by atoms with Crippen molar-refractivity contribution < 1.29 is 19.1 Å². The molecule has 0 saturated heterocycles. The van der Waals surface area contributed by atoms with Crippen LogP contribution in [-0.4, -0.2) is 59.5 Å². The summed E-state index contributed by atoms with van der Waals surface area (Å²) in [6, 6.07) is 4.45. The Morgan fingerprint density at radius 1 is 0.975 bits per heavy atom. The van der Waals surface area contributed by atoms with Crippen molar-refractivity contribution in [2.45, 2.75) is 124 Å². The Bertz CT molecular complexity index is 916. The van der Waals surface area contributed by atoms with Crippen molar-refractivity contribution >= 4 is 29.7 Å². The van der Waals surface area contributed by atoms with Crippen LogP contribution in [0.3, 0.4) is 0 Å². The highest BCUT2D eigenvalue weighted by Crippen LogP contribution is 2.28. The molecule has 0 aliphatic carbocycles. The van der Waals surface area contributed by atoms with Gasteiger partial charge >= 0.3 is 6.09 Å². The van der Waals surface area contributed by atoms with Gasteiger partial charge in [-0.3, -0.25) is 9.59 Å². The predicted octanol–water partition coefficient (Wildman–Crippen LogP) is 7.10. The van der Waals surface area contributed by atoms with E-state index in [0.29, 0.717) is 25.3 Å². The number of carbonyl (C=O) groups excluding carboxylic acids is 3. The predicted molar refractivity (Wildman–Crippen MR) is 168 cm³/mol. The van der Waals surface area contributed by atoms with Crippen LogP contribution in [0.15, 0.2) is 18.2 Å². The lowest BCUT2D eigenvalue weighted by Crippen LogP contribution is -2.53. The van der Waals surface area contributed by atoms with E-state index in [-0.39, 0.29) is 11.8 Å². The number of aryl methyl sites for hydroxylation is 2. The van der Waals surface area contributed by atoms with Crippen LogP contribution < -0.4 is 10.6 Å². The standard InChI is InChI=1S/C32H55N3O4S/c1-9-11-13-14-16-21-35(30(37)27(19-22-40-8)34-31(38)39-32(5,6)7)28(29(36)33-20-15-12-10-2)26-18-17-24(3)23-25(26)4/h17-18,23,27-28H,9-16,19-22H2,1-8H3,(H,33,36)(H,34,38). The SMILES string of the molecule is CCCCCCCN(C(=O)C(CCSC)NC(=O)OC(C)(C)C)C(C(=O)NCCCCC)c1ccc(C)cc1C. The third-order valence-corrected chi connectivity index (χ3v) is 7.39. The van der Waals surface area contributed by atoms with Crippen molar-refractivity contribution in [1.82, 2.24) is 15.5 Å². The number of ether oxygens (including phenoxy) is 1. The molecule has 0 bridgehead atoms. The van der Waals surface area contributed by atoms with Crippen LogP contribution in [0.25, 0.3) is 0 Å². The first-order valence-electron chi connectivity index (χ1n) is 15.1. The second kappa shape index (κ2) is 19.0. The van der Waals surface area contributed by atoms with E-state index in [9.17, 15) is 14.4 Å². The highest BCUT2D eigenvalue weighted by molar-refractivity contribution is 7.98. The highest BCUT2D eigenvalue weighted by Gasteiger charge is 2.36. The summed E-state index contributed by atoms with van der Waals surface area (Å²) in [6.07, 6.45) is 9.91. The molecule has 3 amide bonds. The second-order valence-corrected chi connectivity index (χ2v) is 12.7. The number of nitrogens with zero attached hydrogens (tertiary/aromatic N) is 1. The second-order valence-electron chi connectivity index (χ2n) is 11.7. The van der Waals surface area contributed by atoms with Crippen LogP contribution in [0.4, 0.5) is 4.79 Å². The zero-order valence-corrected chi connectivity index (χ0v) is 27.2. The summed E-state index contributed by atoms with van der Waals surface area (Å²) >= 11 is 1.61. The topological polar surface area (TPSA) is 87.7 Å². The largest absolute Gasteiger partial charge is 0.444 e. The van der Waals surface area contributed by atoms with Gasteiger partial charge in [0.1, 0.15) is 17.7 Å². The van der Waals surface area contributed by atoms with Crippen molar-refractivity contribution in [1.29, 1.82) is 0 Å². The molecule has 228 valence electrons. The molecule has 0 aliphatic rings.